The molecule has 1 heterocycles. The number of nitrogens with zero attached hydrogens (tertiary/aromatic N) is 2. The number of ether oxygens (including phenoxy) is 2. The number of benzene rings is 2. The van der Waals surface area contributed by atoms with Gasteiger partial charge in [0.05, 0.1) is 24.7 Å². The fourth-order valence-electron chi connectivity index (χ4n) is 2.75. The van der Waals surface area contributed by atoms with Crippen molar-refractivity contribution in [2.24, 2.45) is 0 Å². The zero-order valence-electron chi connectivity index (χ0n) is 14.0. The van der Waals surface area contributed by atoms with E-state index in [0.29, 0.717) is 12.3 Å². The highest BCUT2D eigenvalue weighted by Crippen LogP contribution is 2.20. The Bertz CT molecular complexity index is 813. The fourth-order valence-corrected chi connectivity index (χ4v) is 2.75. The molecule has 0 saturated heterocycles. The van der Waals surface area contributed by atoms with Gasteiger partial charge in [0.2, 0.25) is 0 Å². The van der Waals surface area contributed by atoms with Crippen molar-refractivity contribution in [2.75, 3.05) is 13.7 Å². The van der Waals surface area contributed by atoms with Crippen molar-refractivity contribution < 1.29 is 14.6 Å². The highest BCUT2D eigenvalue weighted by molar-refractivity contribution is 5.75. The number of para-hydroxylation sites is 2. The van der Waals surface area contributed by atoms with E-state index in [1.807, 2.05) is 42.5 Å². The topological polar surface area (TPSA) is 56.5 Å². The van der Waals surface area contributed by atoms with Crippen LogP contribution in [0.3, 0.4) is 0 Å². The van der Waals surface area contributed by atoms with Gasteiger partial charge in [-0.05, 0) is 24.3 Å². The number of aliphatic hydroxyl groups is 1. The second-order valence-electron chi connectivity index (χ2n) is 5.62. The summed E-state index contributed by atoms with van der Waals surface area (Å²) in [7, 11) is 1.62. The molecule has 126 valence electrons. The third-order valence-corrected chi connectivity index (χ3v) is 3.93. The van der Waals surface area contributed by atoms with E-state index in [1.165, 1.54) is 0 Å². The lowest BCUT2D eigenvalue weighted by Gasteiger charge is -2.15. The maximum atomic E-state index is 10.4. The second-order valence-corrected chi connectivity index (χ2v) is 5.62. The lowest BCUT2D eigenvalue weighted by Crippen LogP contribution is -2.24. The highest BCUT2D eigenvalue weighted by Gasteiger charge is 2.13. The molecule has 1 N–H and O–H groups in total. The minimum Gasteiger partial charge on any atom is -0.497 e. The summed E-state index contributed by atoms with van der Waals surface area (Å²) < 4.78 is 12.9. The molecule has 3 aromatic rings. The molecule has 3 rings (SSSR count). The quantitative estimate of drug-likeness (QED) is 0.725. The van der Waals surface area contributed by atoms with E-state index >= 15 is 0 Å². The summed E-state index contributed by atoms with van der Waals surface area (Å²) in [5, 5.41) is 10.4. The molecule has 0 bridgehead atoms. The van der Waals surface area contributed by atoms with Crippen LogP contribution in [0, 0.1) is 0 Å². The molecule has 0 aliphatic heterocycles. The maximum absolute atomic E-state index is 10.4. The molecule has 0 unspecified atom stereocenters. The molecule has 1 atom stereocenters. The third-order valence-electron chi connectivity index (χ3n) is 3.93. The number of hydrogen-bond donors (Lipinski definition) is 1. The lowest BCUT2D eigenvalue weighted by molar-refractivity contribution is 0.0926. The Morgan fingerprint density at radius 2 is 1.92 bits per heavy atom. The van der Waals surface area contributed by atoms with Crippen LogP contribution in [0.4, 0.5) is 0 Å². The van der Waals surface area contributed by atoms with Crippen LogP contribution in [0.5, 0.6) is 11.5 Å². The monoisotopic (exact) mass is 326 g/mol. The van der Waals surface area contributed by atoms with Gasteiger partial charge in [0, 0.05) is 12.5 Å². The molecule has 0 radical (unpaired) electrons. The first-order chi connectivity index (χ1) is 11.7. The third kappa shape index (κ3) is 3.51. The highest BCUT2D eigenvalue weighted by atomic mass is 16.5. The van der Waals surface area contributed by atoms with Crippen LogP contribution in [0.15, 0.2) is 48.5 Å². The molecule has 0 amide bonds. The summed E-state index contributed by atoms with van der Waals surface area (Å²) in [4.78, 5) is 4.62. The Hall–Kier alpha value is -2.53. The van der Waals surface area contributed by atoms with Crippen molar-refractivity contribution in [3.8, 4) is 11.5 Å². The number of aryl methyl sites for hydroxylation is 1. The molecular weight excluding hydrogens is 304 g/mol. The van der Waals surface area contributed by atoms with Crippen molar-refractivity contribution in [2.45, 2.75) is 26.0 Å². The van der Waals surface area contributed by atoms with Crippen molar-refractivity contribution in [1.82, 2.24) is 9.55 Å². The SMILES string of the molecule is CCc1nc2ccccc2n1C[C@H](O)COc1cccc(OC)c1. The molecule has 5 heteroatoms. The smallest absolute Gasteiger partial charge is 0.123 e. The number of aliphatic hydroxyl groups excluding tert-OH is 1. The minimum atomic E-state index is -0.626. The van der Waals surface area contributed by atoms with Crippen LogP contribution in [-0.2, 0) is 13.0 Å². The number of rotatable bonds is 7. The second kappa shape index (κ2) is 7.36. The van der Waals surface area contributed by atoms with Crippen molar-refractivity contribution in [3.05, 3.63) is 54.4 Å². The van der Waals surface area contributed by atoms with E-state index in [9.17, 15) is 5.11 Å². The van der Waals surface area contributed by atoms with Gasteiger partial charge in [-0.3, -0.25) is 0 Å². The zero-order chi connectivity index (χ0) is 16.9. The number of imidazole rings is 1. The normalized spacial score (nSPS) is 12.3. The van der Waals surface area contributed by atoms with Crippen LogP contribution < -0.4 is 9.47 Å². The van der Waals surface area contributed by atoms with E-state index in [4.69, 9.17) is 9.47 Å². The van der Waals surface area contributed by atoms with Gasteiger partial charge >= 0.3 is 0 Å². The van der Waals surface area contributed by atoms with Crippen molar-refractivity contribution in [1.29, 1.82) is 0 Å². The average Bonchev–Trinajstić information content (AvgIpc) is 2.98. The molecule has 1 aromatic heterocycles. The van der Waals surface area contributed by atoms with Crippen LogP contribution in [0.2, 0.25) is 0 Å². The Balaban J connectivity index is 1.69. The fraction of sp³-hybridized carbons (Fsp3) is 0.316. The van der Waals surface area contributed by atoms with Gasteiger partial charge in [-0.1, -0.05) is 25.1 Å². The van der Waals surface area contributed by atoms with E-state index in [-0.39, 0.29) is 6.61 Å². The summed E-state index contributed by atoms with van der Waals surface area (Å²) in [6.07, 6.45) is 0.192. The van der Waals surface area contributed by atoms with E-state index in [1.54, 1.807) is 13.2 Å². The average molecular weight is 326 g/mol. The van der Waals surface area contributed by atoms with Crippen LogP contribution in [0.25, 0.3) is 11.0 Å². The van der Waals surface area contributed by atoms with E-state index in [0.717, 1.165) is 29.0 Å². The Morgan fingerprint density at radius 3 is 2.71 bits per heavy atom. The van der Waals surface area contributed by atoms with Crippen LogP contribution >= 0.6 is 0 Å². The van der Waals surface area contributed by atoms with Gasteiger partial charge in [-0.2, -0.15) is 0 Å². The van der Waals surface area contributed by atoms with Gasteiger partial charge in [0.25, 0.3) is 0 Å². The molecule has 0 aliphatic carbocycles. The van der Waals surface area contributed by atoms with E-state index in [2.05, 4.69) is 16.5 Å². The lowest BCUT2D eigenvalue weighted by atomic mass is 10.3. The number of aromatic nitrogens is 2. The molecule has 24 heavy (non-hydrogen) atoms. The largest absolute Gasteiger partial charge is 0.497 e. The number of hydrogen-bond acceptors (Lipinski definition) is 4. The minimum absolute atomic E-state index is 0.211. The molecule has 2 aromatic carbocycles. The molecule has 0 saturated carbocycles. The molecule has 0 fully saturated rings. The van der Waals surface area contributed by atoms with Gasteiger partial charge < -0.3 is 19.1 Å². The summed E-state index contributed by atoms with van der Waals surface area (Å²) in [5.41, 5.74) is 1.99. The van der Waals surface area contributed by atoms with Crippen LogP contribution in [0.1, 0.15) is 12.7 Å². The Labute approximate surface area is 141 Å². The Morgan fingerprint density at radius 1 is 1.12 bits per heavy atom. The van der Waals surface area contributed by atoms with Crippen LogP contribution in [-0.4, -0.2) is 34.5 Å². The first kappa shape index (κ1) is 16.3. The van der Waals surface area contributed by atoms with Gasteiger partial charge in [0.15, 0.2) is 0 Å². The van der Waals surface area contributed by atoms with Crippen molar-refractivity contribution in [3.63, 3.8) is 0 Å². The Kier molecular flexibility index (Phi) is 5.01. The standard InChI is InChI=1S/C19H22N2O3/c1-3-19-20-17-9-4-5-10-18(17)21(19)12-14(22)13-24-16-8-6-7-15(11-16)23-2/h4-11,14,22H,3,12-13H2,1-2H3/t14-/m0/s1. The van der Waals surface area contributed by atoms with Gasteiger partial charge in [-0.15, -0.1) is 0 Å². The number of methoxy groups -OCH3 is 1. The number of fused-ring (bicyclic) bond motifs is 1. The van der Waals surface area contributed by atoms with Gasteiger partial charge in [0.1, 0.15) is 30.0 Å². The molecule has 0 aliphatic rings. The first-order valence-electron chi connectivity index (χ1n) is 8.10. The predicted octanol–water partition coefficient (Wildman–Crippen LogP) is 3.05. The molecule has 5 nitrogen and oxygen atoms in total. The maximum Gasteiger partial charge on any atom is 0.123 e. The van der Waals surface area contributed by atoms with E-state index < -0.39 is 6.10 Å². The van der Waals surface area contributed by atoms with Crippen molar-refractivity contribution >= 4 is 11.0 Å². The summed E-state index contributed by atoms with van der Waals surface area (Å²) in [6.45, 7) is 2.73. The van der Waals surface area contributed by atoms with Gasteiger partial charge in [-0.25, -0.2) is 4.98 Å². The molecule has 0 spiro atoms. The summed E-state index contributed by atoms with van der Waals surface area (Å²) in [6, 6.07) is 15.3. The molecular formula is C19H22N2O3. The summed E-state index contributed by atoms with van der Waals surface area (Å²) in [5.74, 6) is 2.38. The first-order valence-corrected chi connectivity index (χ1v) is 8.10. The predicted molar refractivity (Wildman–Crippen MR) is 93.6 cm³/mol. The zero-order valence-corrected chi connectivity index (χ0v) is 14.0. The summed E-state index contributed by atoms with van der Waals surface area (Å²) >= 11 is 0.